The number of pyridine rings is 1. The van der Waals surface area contributed by atoms with E-state index in [4.69, 9.17) is 16.8 Å². The average Bonchev–Trinajstić information content (AvgIpc) is 3.39. The largest absolute Gasteiger partial charge is 0.393 e. The summed E-state index contributed by atoms with van der Waals surface area (Å²) >= 11 is 0. The molecule has 3 aromatic heterocycles. The first-order chi connectivity index (χ1) is 15.5. The van der Waals surface area contributed by atoms with E-state index in [0.717, 1.165) is 11.1 Å². The third-order valence-corrected chi connectivity index (χ3v) is 5.01. The van der Waals surface area contributed by atoms with Crippen LogP contribution in [-0.2, 0) is 17.6 Å². The number of carbonyl (C=O) groups is 1. The maximum absolute atomic E-state index is 12.5. The van der Waals surface area contributed by atoms with Gasteiger partial charge in [-0.05, 0) is 37.1 Å². The van der Waals surface area contributed by atoms with E-state index >= 15 is 0 Å². The van der Waals surface area contributed by atoms with Crippen molar-refractivity contribution in [2.24, 2.45) is 0 Å². The summed E-state index contributed by atoms with van der Waals surface area (Å²) in [6.07, 6.45) is 2.10. The molecular weight excluding hydrogens is 404 g/mol. The molecule has 8 nitrogen and oxygen atoms in total. The van der Waals surface area contributed by atoms with Crippen LogP contribution in [0.5, 0.6) is 0 Å². The Bertz CT molecular complexity index is 1280. The molecule has 3 heterocycles. The first kappa shape index (κ1) is 21.0. The summed E-state index contributed by atoms with van der Waals surface area (Å²) in [5.41, 5.74) is 9.93. The highest BCUT2D eigenvalue weighted by atomic mass is 16.5. The number of Topliss-reactive ketones (excluding diaryl/α,β-unsaturated/α-hetero) is 1. The van der Waals surface area contributed by atoms with Crippen molar-refractivity contribution < 1.29 is 9.32 Å². The Labute approximate surface area is 185 Å². The molecule has 0 aliphatic rings. The van der Waals surface area contributed by atoms with Crippen LogP contribution in [-0.4, -0.2) is 25.7 Å². The maximum atomic E-state index is 12.5. The molecule has 0 aliphatic carbocycles. The zero-order valence-electron chi connectivity index (χ0n) is 17.8. The predicted octanol–water partition coefficient (Wildman–Crippen LogP) is 4.67. The summed E-state index contributed by atoms with van der Waals surface area (Å²) in [6.45, 7) is 11.4. The molecule has 2 N–H and O–H groups in total. The minimum Gasteiger partial charge on any atom is -0.393 e. The average molecular weight is 426 g/mol. The third kappa shape index (κ3) is 4.27. The number of nitrogens with two attached hydrogens (primary N) is 1. The van der Waals surface area contributed by atoms with E-state index in [0.29, 0.717) is 34.3 Å². The van der Waals surface area contributed by atoms with Gasteiger partial charge in [-0.2, -0.15) is 5.10 Å². The molecule has 0 radical (unpaired) electrons. The molecule has 160 valence electrons. The Balaban J connectivity index is 1.45. The van der Waals surface area contributed by atoms with E-state index in [1.165, 1.54) is 0 Å². The Hall–Kier alpha value is -4.25. The van der Waals surface area contributed by atoms with Gasteiger partial charge in [-0.15, -0.1) is 0 Å². The molecule has 8 heteroatoms. The summed E-state index contributed by atoms with van der Waals surface area (Å²) < 4.78 is 6.95. The number of hydrogen-bond acceptors (Lipinski definition) is 6. The highest BCUT2D eigenvalue weighted by molar-refractivity contribution is 5.85. The van der Waals surface area contributed by atoms with Crippen molar-refractivity contribution in [1.82, 2.24) is 19.9 Å². The molecular formula is C24H22N6O2. The van der Waals surface area contributed by atoms with Crippen molar-refractivity contribution in [1.29, 1.82) is 0 Å². The summed E-state index contributed by atoms with van der Waals surface area (Å²) in [6, 6.07) is 14.8. The summed E-state index contributed by atoms with van der Waals surface area (Å²) in [5, 5.41) is 8.51. The molecule has 0 saturated carbocycles. The summed E-state index contributed by atoms with van der Waals surface area (Å²) in [7, 11) is 0. The van der Waals surface area contributed by atoms with E-state index in [9.17, 15) is 4.79 Å². The normalized spacial score (nSPS) is 10.9. The lowest BCUT2D eigenvalue weighted by molar-refractivity contribution is -0.118. The second-order valence-electron chi connectivity index (χ2n) is 7.72. The SMILES string of the molecule is [C-]#[N+]c1c(-c2ccc(CC(=O)Cc3cc(-c4ccccn4)no3)cc2)nn(C(C)C)c1N. The fraction of sp³-hybridized carbons (Fsp3) is 0.208. The van der Waals surface area contributed by atoms with E-state index < -0.39 is 0 Å². The molecule has 0 aliphatic heterocycles. The molecule has 0 bridgehead atoms. The molecule has 0 amide bonds. The van der Waals surface area contributed by atoms with Crippen molar-refractivity contribution >= 4 is 17.3 Å². The number of nitrogen functional groups attached to an aromatic ring is 1. The number of aromatic nitrogens is 4. The summed E-state index contributed by atoms with van der Waals surface area (Å²) in [5.74, 6) is 0.877. The zero-order chi connectivity index (χ0) is 22.7. The second-order valence-corrected chi connectivity index (χ2v) is 7.72. The lowest BCUT2D eigenvalue weighted by Gasteiger charge is -2.07. The first-order valence-corrected chi connectivity index (χ1v) is 10.2. The second kappa shape index (κ2) is 8.86. The third-order valence-electron chi connectivity index (χ3n) is 5.01. The number of benzene rings is 1. The van der Waals surface area contributed by atoms with Crippen LogP contribution in [0.3, 0.4) is 0 Å². The fourth-order valence-electron chi connectivity index (χ4n) is 3.43. The molecule has 0 fully saturated rings. The Kier molecular flexibility index (Phi) is 5.81. The lowest BCUT2D eigenvalue weighted by Crippen LogP contribution is -2.06. The maximum Gasteiger partial charge on any atom is 0.254 e. The predicted molar refractivity (Wildman–Crippen MR) is 121 cm³/mol. The van der Waals surface area contributed by atoms with Gasteiger partial charge in [0.15, 0.2) is 0 Å². The highest BCUT2D eigenvalue weighted by Crippen LogP contribution is 2.36. The van der Waals surface area contributed by atoms with Crippen LogP contribution < -0.4 is 5.73 Å². The summed E-state index contributed by atoms with van der Waals surface area (Å²) in [4.78, 5) is 20.3. The number of nitrogens with zero attached hydrogens (tertiary/aromatic N) is 5. The van der Waals surface area contributed by atoms with Crippen LogP contribution in [0.2, 0.25) is 0 Å². The van der Waals surface area contributed by atoms with Gasteiger partial charge >= 0.3 is 0 Å². The van der Waals surface area contributed by atoms with Gasteiger partial charge in [0.05, 0.1) is 18.7 Å². The first-order valence-electron chi connectivity index (χ1n) is 10.2. The van der Waals surface area contributed by atoms with Gasteiger partial charge in [0.2, 0.25) is 0 Å². The minimum absolute atomic E-state index is 0.0108. The van der Waals surface area contributed by atoms with E-state index in [-0.39, 0.29) is 24.7 Å². The standard InChI is InChI=1S/C24H22N6O2/c1-15(2)30-24(25)23(26-3)22(28-30)17-9-7-16(8-10-17)12-18(31)13-19-14-21(29-32-19)20-6-4-5-11-27-20/h4-11,14-15H,12-13,25H2,1-2H3. The number of carbonyl (C=O) groups excluding carboxylic acids is 1. The van der Waals surface area contributed by atoms with E-state index in [1.807, 2.05) is 56.3 Å². The molecule has 4 rings (SSSR count). The molecule has 0 atom stereocenters. The van der Waals surface area contributed by atoms with Gasteiger partial charge in [-0.3, -0.25) is 14.5 Å². The number of hydrogen-bond donors (Lipinski definition) is 1. The fourth-order valence-corrected chi connectivity index (χ4v) is 3.43. The van der Waals surface area contributed by atoms with Crippen LogP contribution >= 0.6 is 0 Å². The Morgan fingerprint density at radius 1 is 1.16 bits per heavy atom. The minimum atomic E-state index is 0.0108. The topological polar surface area (TPSA) is 104 Å². The van der Waals surface area contributed by atoms with Gasteiger partial charge in [-0.25, -0.2) is 4.85 Å². The van der Waals surface area contributed by atoms with Gasteiger partial charge in [-0.1, -0.05) is 35.5 Å². The van der Waals surface area contributed by atoms with Gasteiger partial charge < -0.3 is 10.3 Å². The van der Waals surface area contributed by atoms with E-state index in [1.54, 1.807) is 16.9 Å². The highest BCUT2D eigenvalue weighted by Gasteiger charge is 2.19. The number of ketones is 1. The smallest absolute Gasteiger partial charge is 0.254 e. The molecule has 0 spiro atoms. The molecule has 1 aromatic carbocycles. The van der Waals surface area contributed by atoms with Crippen molar-refractivity contribution in [3.8, 4) is 22.6 Å². The Morgan fingerprint density at radius 3 is 2.59 bits per heavy atom. The number of anilines is 1. The van der Waals surface area contributed by atoms with E-state index in [2.05, 4.69) is 20.1 Å². The van der Waals surface area contributed by atoms with Crippen LogP contribution in [0, 0.1) is 6.57 Å². The quantitative estimate of drug-likeness (QED) is 0.431. The van der Waals surface area contributed by atoms with Crippen LogP contribution in [0.25, 0.3) is 27.5 Å². The van der Waals surface area contributed by atoms with Crippen molar-refractivity contribution in [2.45, 2.75) is 32.7 Å². The monoisotopic (exact) mass is 426 g/mol. The Morgan fingerprint density at radius 2 is 1.94 bits per heavy atom. The molecule has 0 unspecified atom stereocenters. The van der Waals surface area contributed by atoms with Crippen molar-refractivity contribution in [2.75, 3.05) is 5.73 Å². The van der Waals surface area contributed by atoms with Crippen molar-refractivity contribution in [3.63, 3.8) is 0 Å². The molecule has 4 aromatic rings. The van der Waals surface area contributed by atoms with Crippen LogP contribution in [0.1, 0.15) is 31.2 Å². The van der Waals surface area contributed by atoms with Crippen molar-refractivity contribution in [3.05, 3.63) is 77.5 Å². The van der Waals surface area contributed by atoms with Gasteiger partial charge in [0, 0.05) is 24.7 Å². The zero-order valence-corrected chi connectivity index (χ0v) is 17.8. The molecule has 0 saturated heterocycles. The number of rotatable bonds is 7. The molecule has 32 heavy (non-hydrogen) atoms. The van der Waals surface area contributed by atoms with Gasteiger partial charge in [0.1, 0.15) is 28.7 Å². The lowest BCUT2D eigenvalue weighted by atomic mass is 10.0. The van der Waals surface area contributed by atoms with Crippen LogP contribution in [0.4, 0.5) is 11.5 Å². The van der Waals surface area contributed by atoms with Gasteiger partial charge in [0.25, 0.3) is 5.69 Å². The van der Waals surface area contributed by atoms with Crippen LogP contribution in [0.15, 0.2) is 59.3 Å².